The second-order valence-corrected chi connectivity index (χ2v) is 14.4. The summed E-state index contributed by atoms with van der Waals surface area (Å²) in [6, 6.07) is 73.0. The summed E-state index contributed by atoms with van der Waals surface area (Å²) in [5, 5.41) is 7.57. The molecule has 9 aromatic carbocycles. The van der Waals surface area contributed by atoms with Gasteiger partial charge >= 0.3 is 0 Å². The summed E-state index contributed by atoms with van der Waals surface area (Å²) in [5.74, 6) is 0. The average molecular weight is 680 g/mol. The molecule has 1 nitrogen and oxygen atoms in total. The third kappa shape index (κ3) is 5.24. The maximum Gasteiger partial charge on any atom is 0.0540 e. The second kappa shape index (κ2) is 12.7. The number of hydrogen-bond donors (Lipinski definition) is 0. The molecule has 0 aliphatic rings. The van der Waals surface area contributed by atoms with Crippen LogP contribution in [0, 0.1) is 0 Å². The second-order valence-electron chi connectivity index (χ2n) is 13.3. The normalized spacial score (nSPS) is 11.5. The Morgan fingerprint density at radius 3 is 1.85 bits per heavy atom. The zero-order valence-electron chi connectivity index (χ0n) is 28.4. The predicted octanol–water partition coefficient (Wildman–Crippen LogP) is 14.8. The highest BCUT2D eigenvalue weighted by Gasteiger charge is 2.19. The minimum atomic E-state index is 1.11. The molecule has 0 aliphatic heterocycles. The molecule has 0 atom stereocenters. The van der Waals surface area contributed by atoms with Gasteiger partial charge < -0.3 is 4.90 Å². The molecule has 0 aliphatic carbocycles. The minimum Gasteiger partial charge on any atom is -0.310 e. The third-order valence-electron chi connectivity index (χ3n) is 10.2. The van der Waals surface area contributed by atoms with Gasteiger partial charge in [-0.2, -0.15) is 0 Å². The summed E-state index contributed by atoms with van der Waals surface area (Å²) >= 11 is 1.88. The topological polar surface area (TPSA) is 3.24 Å². The molecule has 1 aromatic heterocycles. The number of nitrogens with zero attached hydrogens (tertiary/aromatic N) is 1. The van der Waals surface area contributed by atoms with Crippen molar-refractivity contribution in [2.24, 2.45) is 0 Å². The fourth-order valence-corrected chi connectivity index (χ4v) is 9.00. The van der Waals surface area contributed by atoms with Gasteiger partial charge in [-0.15, -0.1) is 11.3 Å². The molecule has 0 N–H and O–H groups in total. The van der Waals surface area contributed by atoms with Crippen molar-refractivity contribution in [3.8, 4) is 33.4 Å². The van der Waals surface area contributed by atoms with Crippen LogP contribution in [0.25, 0.3) is 75.1 Å². The molecule has 0 unspecified atom stereocenters. The summed E-state index contributed by atoms with van der Waals surface area (Å²) in [4.78, 5) is 2.43. The Hall–Kier alpha value is -6.48. The van der Waals surface area contributed by atoms with Crippen LogP contribution < -0.4 is 4.90 Å². The van der Waals surface area contributed by atoms with Gasteiger partial charge in [-0.3, -0.25) is 0 Å². The summed E-state index contributed by atoms with van der Waals surface area (Å²) in [6.45, 7) is 0. The molecular formula is C50H33NS. The van der Waals surface area contributed by atoms with Gasteiger partial charge in [0, 0.05) is 37.1 Å². The molecule has 10 aromatic rings. The fraction of sp³-hybridized carbons (Fsp3) is 0. The number of benzene rings is 9. The van der Waals surface area contributed by atoms with Crippen molar-refractivity contribution in [2.45, 2.75) is 0 Å². The van der Waals surface area contributed by atoms with E-state index in [4.69, 9.17) is 0 Å². The van der Waals surface area contributed by atoms with E-state index in [1.807, 2.05) is 11.3 Å². The van der Waals surface area contributed by atoms with Crippen molar-refractivity contribution >= 4 is 70.1 Å². The van der Waals surface area contributed by atoms with Crippen LogP contribution in [-0.2, 0) is 0 Å². The number of para-hydroxylation sites is 1. The van der Waals surface area contributed by atoms with Crippen molar-refractivity contribution in [3.63, 3.8) is 0 Å². The summed E-state index contributed by atoms with van der Waals surface area (Å²) in [5.41, 5.74) is 10.7. The van der Waals surface area contributed by atoms with Gasteiger partial charge in [0.05, 0.1) is 5.69 Å². The highest BCUT2D eigenvalue weighted by atomic mass is 32.1. The number of hydrogen-bond acceptors (Lipinski definition) is 2. The summed E-state index contributed by atoms with van der Waals surface area (Å²) < 4.78 is 2.66. The lowest BCUT2D eigenvalue weighted by atomic mass is 9.95. The molecule has 0 bridgehead atoms. The lowest BCUT2D eigenvalue weighted by Gasteiger charge is -2.29. The van der Waals surface area contributed by atoms with E-state index in [0.717, 1.165) is 17.1 Å². The lowest BCUT2D eigenvalue weighted by Crippen LogP contribution is -2.11. The van der Waals surface area contributed by atoms with E-state index in [2.05, 4.69) is 205 Å². The van der Waals surface area contributed by atoms with Crippen molar-refractivity contribution in [2.75, 3.05) is 4.90 Å². The predicted molar refractivity (Wildman–Crippen MR) is 225 cm³/mol. The molecule has 0 radical (unpaired) electrons. The van der Waals surface area contributed by atoms with Crippen LogP contribution in [0.5, 0.6) is 0 Å². The van der Waals surface area contributed by atoms with E-state index in [0.29, 0.717) is 0 Å². The van der Waals surface area contributed by atoms with Crippen molar-refractivity contribution in [1.29, 1.82) is 0 Å². The molecule has 52 heavy (non-hydrogen) atoms. The number of anilines is 3. The standard InChI is InChI=1S/C50H33NS/c1-2-15-37-32-41(30-29-34(37)13-1)51(48-27-7-5-22-45(48)44-25-11-16-35-14-3-4-21-42(35)44)40-20-10-18-38(33-40)36-17-9-19-39(31-36)43-24-12-26-47-46-23-6-8-28-49(46)52-50(43)47/h1-33H. The number of fused-ring (bicyclic) bond motifs is 5. The molecule has 0 spiro atoms. The Labute approximate surface area is 307 Å². The van der Waals surface area contributed by atoms with Crippen molar-refractivity contribution in [3.05, 3.63) is 200 Å². The van der Waals surface area contributed by atoms with Crippen LogP contribution in [0.3, 0.4) is 0 Å². The largest absolute Gasteiger partial charge is 0.310 e. The van der Waals surface area contributed by atoms with E-state index in [1.165, 1.54) is 75.1 Å². The van der Waals surface area contributed by atoms with Crippen molar-refractivity contribution < 1.29 is 0 Å². The lowest BCUT2D eigenvalue weighted by molar-refractivity contribution is 1.29. The van der Waals surface area contributed by atoms with E-state index in [9.17, 15) is 0 Å². The number of rotatable bonds is 6. The zero-order chi connectivity index (χ0) is 34.4. The first-order chi connectivity index (χ1) is 25.8. The first-order valence-electron chi connectivity index (χ1n) is 17.8. The average Bonchev–Trinajstić information content (AvgIpc) is 3.60. The van der Waals surface area contributed by atoms with Gasteiger partial charge in [-0.25, -0.2) is 0 Å². The van der Waals surface area contributed by atoms with Gasteiger partial charge in [0.25, 0.3) is 0 Å². The molecule has 10 rings (SSSR count). The first kappa shape index (κ1) is 30.4. The fourth-order valence-electron chi connectivity index (χ4n) is 7.77. The third-order valence-corrected chi connectivity index (χ3v) is 11.5. The molecule has 0 amide bonds. The van der Waals surface area contributed by atoms with Gasteiger partial charge in [0.15, 0.2) is 0 Å². The summed E-state index contributed by atoms with van der Waals surface area (Å²) in [6.07, 6.45) is 0. The maximum absolute atomic E-state index is 2.43. The van der Waals surface area contributed by atoms with E-state index in [1.54, 1.807) is 0 Å². The summed E-state index contributed by atoms with van der Waals surface area (Å²) in [7, 11) is 0. The molecule has 2 heteroatoms. The van der Waals surface area contributed by atoms with E-state index in [-0.39, 0.29) is 0 Å². The zero-order valence-corrected chi connectivity index (χ0v) is 29.2. The Morgan fingerprint density at radius 2 is 0.923 bits per heavy atom. The van der Waals surface area contributed by atoms with Gasteiger partial charge in [0.1, 0.15) is 0 Å². The van der Waals surface area contributed by atoms with Gasteiger partial charge in [0.2, 0.25) is 0 Å². The molecular weight excluding hydrogens is 647 g/mol. The molecule has 0 saturated heterocycles. The van der Waals surface area contributed by atoms with Crippen LogP contribution in [0.15, 0.2) is 200 Å². The van der Waals surface area contributed by atoms with Crippen LogP contribution >= 0.6 is 11.3 Å². The molecule has 244 valence electrons. The van der Waals surface area contributed by atoms with Gasteiger partial charge in [-0.05, 0) is 91.8 Å². The van der Waals surface area contributed by atoms with Crippen LogP contribution in [-0.4, -0.2) is 0 Å². The molecule has 0 saturated carbocycles. The van der Waals surface area contributed by atoms with Crippen LogP contribution in [0.2, 0.25) is 0 Å². The highest BCUT2D eigenvalue weighted by Crippen LogP contribution is 2.45. The quantitative estimate of drug-likeness (QED) is 0.169. The Morgan fingerprint density at radius 1 is 0.327 bits per heavy atom. The van der Waals surface area contributed by atoms with Crippen LogP contribution in [0.4, 0.5) is 17.1 Å². The first-order valence-corrected chi connectivity index (χ1v) is 18.6. The van der Waals surface area contributed by atoms with Crippen molar-refractivity contribution in [1.82, 2.24) is 0 Å². The smallest absolute Gasteiger partial charge is 0.0540 e. The SMILES string of the molecule is c1cc(-c2cccc(N(c3ccc4ccccc4c3)c3ccccc3-c3cccc4ccccc34)c2)cc(-c2cccc3c2sc2ccccc23)c1. The number of thiophene rings is 1. The van der Waals surface area contributed by atoms with Gasteiger partial charge in [-0.1, -0.05) is 158 Å². The van der Waals surface area contributed by atoms with E-state index < -0.39 is 0 Å². The monoisotopic (exact) mass is 679 g/mol. The highest BCUT2D eigenvalue weighted by molar-refractivity contribution is 7.26. The van der Waals surface area contributed by atoms with Crippen LogP contribution in [0.1, 0.15) is 0 Å². The Kier molecular flexibility index (Phi) is 7.41. The minimum absolute atomic E-state index is 1.11. The Bertz CT molecular complexity index is 2930. The molecule has 1 heterocycles. The van der Waals surface area contributed by atoms with E-state index >= 15 is 0 Å². The Balaban J connectivity index is 1.14. The molecule has 0 fully saturated rings. The maximum atomic E-state index is 2.43.